The predicted octanol–water partition coefficient (Wildman–Crippen LogP) is 9.76. The number of rotatable bonds is 6. The van der Waals surface area contributed by atoms with E-state index in [-0.39, 0.29) is 5.91 Å². The largest absolute Gasteiger partial charge is 0.488 e. The van der Waals surface area contributed by atoms with Crippen LogP contribution in [0.4, 0.5) is 11.4 Å². The van der Waals surface area contributed by atoms with Gasteiger partial charge in [-0.25, -0.2) is 4.99 Å². The van der Waals surface area contributed by atoms with Crippen LogP contribution in [0.25, 0.3) is 6.08 Å². The smallest absolute Gasteiger partial charge is 0.271 e. The van der Waals surface area contributed by atoms with Crippen LogP contribution in [0.1, 0.15) is 22.3 Å². The molecule has 1 saturated heterocycles. The Morgan fingerprint density at radius 2 is 1.62 bits per heavy atom. The average molecular weight is 638 g/mol. The van der Waals surface area contributed by atoms with E-state index in [4.69, 9.17) is 32.9 Å². The van der Waals surface area contributed by atoms with Crippen molar-refractivity contribution < 1.29 is 9.53 Å². The van der Waals surface area contributed by atoms with Gasteiger partial charge in [0.05, 0.1) is 16.3 Å². The van der Waals surface area contributed by atoms with Crippen LogP contribution in [-0.2, 0) is 11.4 Å². The monoisotopic (exact) mass is 636 g/mol. The van der Waals surface area contributed by atoms with Crippen molar-refractivity contribution in [3.05, 3.63) is 127 Å². The van der Waals surface area contributed by atoms with E-state index in [1.165, 1.54) is 11.8 Å². The van der Waals surface area contributed by atoms with Crippen molar-refractivity contribution in [2.24, 2.45) is 4.99 Å². The van der Waals surface area contributed by atoms with Crippen LogP contribution in [-0.4, -0.2) is 11.1 Å². The predicted molar refractivity (Wildman–Crippen MR) is 167 cm³/mol. The van der Waals surface area contributed by atoms with Gasteiger partial charge in [0.15, 0.2) is 5.17 Å². The highest BCUT2D eigenvalue weighted by molar-refractivity contribution is 9.10. The first-order chi connectivity index (χ1) is 18.8. The molecule has 0 spiro atoms. The summed E-state index contributed by atoms with van der Waals surface area (Å²) in [5.74, 6) is 0.488. The number of ether oxygens (including phenoxy) is 1. The van der Waals surface area contributed by atoms with Crippen molar-refractivity contribution in [2.75, 3.05) is 4.90 Å². The molecule has 0 bridgehead atoms. The number of amides is 1. The third kappa shape index (κ3) is 6.42. The molecule has 1 aliphatic heterocycles. The zero-order valence-corrected chi connectivity index (χ0v) is 25.0. The molecule has 196 valence electrons. The summed E-state index contributed by atoms with van der Waals surface area (Å²) >= 11 is 17.5. The summed E-state index contributed by atoms with van der Waals surface area (Å²) in [4.78, 5) is 20.7. The normalized spacial score (nSPS) is 15.4. The van der Waals surface area contributed by atoms with Crippen LogP contribution >= 0.6 is 50.9 Å². The lowest BCUT2D eigenvalue weighted by Crippen LogP contribution is -2.28. The maximum atomic E-state index is 13.8. The Morgan fingerprint density at radius 1 is 0.923 bits per heavy atom. The van der Waals surface area contributed by atoms with Crippen molar-refractivity contribution in [1.82, 2.24) is 0 Å². The fourth-order valence-corrected chi connectivity index (χ4v) is 5.48. The van der Waals surface area contributed by atoms with Gasteiger partial charge < -0.3 is 4.74 Å². The molecule has 0 unspecified atom stereocenters. The summed E-state index contributed by atoms with van der Waals surface area (Å²) in [6, 6.07) is 26.8. The molecule has 4 aromatic carbocycles. The van der Waals surface area contributed by atoms with Crippen molar-refractivity contribution >= 4 is 79.4 Å². The summed E-state index contributed by atoms with van der Waals surface area (Å²) < 4.78 is 7.15. The number of hydrogen-bond donors (Lipinski definition) is 0. The summed E-state index contributed by atoms with van der Waals surface area (Å²) in [7, 11) is 0. The van der Waals surface area contributed by atoms with Gasteiger partial charge in [0.2, 0.25) is 0 Å². The zero-order chi connectivity index (χ0) is 27.5. The quantitative estimate of drug-likeness (QED) is 0.198. The molecule has 1 aliphatic rings. The van der Waals surface area contributed by atoms with Gasteiger partial charge in [-0.1, -0.05) is 81.6 Å². The topological polar surface area (TPSA) is 41.9 Å². The second-order valence-electron chi connectivity index (χ2n) is 8.97. The molecule has 8 heteroatoms. The molecular weight excluding hydrogens is 615 g/mol. The van der Waals surface area contributed by atoms with E-state index in [1.54, 1.807) is 17.0 Å². The maximum absolute atomic E-state index is 13.8. The van der Waals surface area contributed by atoms with Crippen molar-refractivity contribution in [3.63, 3.8) is 0 Å². The number of anilines is 1. The standard InChI is InChI=1S/C31H23BrCl2N2O2S/c1-19-7-13-24(16-26(19)33)35-31-36(25-14-8-20(2)27(34)17-25)30(37)29(39-31)15-22-5-3-4-6-28(22)38-18-21-9-11-23(32)12-10-21/h3-17H,18H2,1-2H3/b29-15+,35-31?. The highest BCUT2D eigenvalue weighted by Crippen LogP contribution is 2.39. The molecule has 4 aromatic rings. The molecule has 1 heterocycles. The second-order valence-corrected chi connectivity index (χ2v) is 11.7. The van der Waals surface area contributed by atoms with Gasteiger partial charge >= 0.3 is 0 Å². The number of carbonyl (C=O) groups is 1. The van der Waals surface area contributed by atoms with Crippen LogP contribution in [0.15, 0.2) is 99.3 Å². The molecule has 4 nitrogen and oxygen atoms in total. The fraction of sp³-hybridized carbons (Fsp3) is 0.0968. The number of hydrogen-bond acceptors (Lipinski definition) is 4. The molecular formula is C31H23BrCl2N2O2S. The van der Waals surface area contributed by atoms with Crippen LogP contribution in [0.3, 0.4) is 0 Å². The van der Waals surface area contributed by atoms with E-state index in [2.05, 4.69) is 15.9 Å². The molecule has 0 N–H and O–H groups in total. The lowest BCUT2D eigenvalue weighted by molar-refractivity contribution is -0.113. The molecule has 5 rings (SSSR count). The van der Waals surface area contributed by atoms with Gasteiger partial charge in [0, 0.05) is 20.1 Å². The number of aliphatic imine (C=N–C) groups is 1. The first-order valence-corrected chi connectivity index (χ1v) is 14.5. The fourth-order valence-electron chi connectivity index (χ4n) is 3.87. The maximum Gasteiger partial charge on any atom is 0.271 e. The molecule has 39 heavy (non-hydrogen) atoms. The minimum Gasteiger partial charge on any atom is -0.488 e. The Bertz CT molecular complexity index is 1620. The number of benzene rings is 4. The number of nitrogens with zero attached hydrogens (tertiary/aromatic N) is 2. The molecule has 0 saturated carbocycles. The number of halogens is 3. The van der Waals surface area contributed by atoms with Gasteiger partial charge in [-0.2, -0.15) is 0 Å². The summed E-state index contributed by atoms with van der Waals surface area (Å²) in [5, 5.41) is 1.70. The molecule has 0 aromatic heterocycles. The number of aryl methyl sites for hydroxylation is 2. The minimum absolute atomic E-state index is 0.195. The van der Waals surface area contributed by atoms with Gasteiger partial charge in [-0.15, -0.1) is 0 Å². The summed E-state index contributed by atoms with van der Waals surface area (Å²) in [6.45, 7) is 4.26. The summed E-state index contributed by atoms with van der Waals surface area (Å²) in [5.41, 5.74) is 5.02. The summed E-state index contributed by atoms with van der Waals surface area (Å²) in [6.07, 6.45) is 1.84. The van der Waals surface area contributed by atoms with E-state index >= 15 is 0 Å². The molecule has 1 fully saturated rings. The molecule has 1 amide bonds. The SMILES string of the molecule is Cc1ccc(N=C2S/C(=C/c3ccccc3OCc3ccc(Br)cc3)C(=O)N2c2ccc(C)c(Cl)c2)cc1Cl. The van der Waals surface area contributed by atoms with Crippen LogP contribution in [0.2, 0.25) is 10.0 Å². The Balaban J connectivity index is 1.50. The van der Waals surface area contributed by atoms with Crippen LogP contribution in [0.5, 0.6) is 5.75 Å². The average Bonchev–Trinajstić information content (AvgIpc) is 3.22. The number of amidine groups is 1. The van der Waals surface area contributed by atoms with E-state index < -0.39 is 0 Å². The lowest BCUT2D eigenvalue weighted by atomic mass is 10.1. The highest BCUT2D eigenvalue weighted by Gasteiger charge is 2.35. The number of thioether (sulfide) groups is 1. The van der Waals surface area contributed by atoms with Gasteiger partial charge in [0.1, 0.15) is 12.4 Å². The van der Waals surface area contributed by atoms with E-state index in [9.17, 15) is 4.79 Å². The van der Waals surface area contributed by atoms with Crippen molar-refractivity contribution in [3.8, 4) is 5.75 Å². The zero-order valence-electron chi connectivity index (χ0n) is 21.1. The number of carbonyl (C=O) groups excluding carboxylic acids is 1. The Hall–Kier alpha value is -3.03. The minimum atomic E-state index is -0.195. The first kappa shape index (κ1) is 27.5. The van der Waals surface area contributed by atoms with Gasteiger partial charge in [0.25, 0.3) is 5.91 Å². The second kappa shape index (κ2) is 12.0. The van der Waals surface area contributed by atoms with Crippen molar-refractivity contribution in [2.45, 2.75) is 20.5 Å². The van der Waals surface area contributed by atoms with Gasteiger partial charge in [-0.05, 0) is 90.8 Å². The third-order valence-electron chi connectivity index (χ3n) is 6.11. The highest BCUT2D eigenvalue weighted by atomic mass is 79.9. The van der Waals surface area contributed by atoms with E-state index in [0.29, 0.717) is 43.8 Å². The van der Waals surface area contributed by atoms with Gasteiger partial charge in [-0.3, -0.25) is 9.69 Å². The van der Waals surface area contributed by atoms with Crippen LogP contribution in [0, 0.1) is 13.8 Å². The molecule has 0 radical (unpaired) electrons. The Kier molecular flexibility index (Phi) is 8.48. The third-order valence-corrected chi connectivity index (χ3v) is 8.43. The van der Waals surface area contributed by atoms with Crippen LogP contribution < -0.4 is 9.64 Å². The lowest BCUT2D eigenvalue weighted by Gasteiger charge is -2.16. The van der Waals surface area contributed by atoms with Crippen molar-refractivity contribution in [1.29, 1.82) is 0 Å². The Labute approximate surface area is 250 Å². The Morgan fingerprint density at radius 3 is 2.33 bits per heavy atom. The van der Waals surface area contributed by atoms with E-state index in [1.807, 2.05) is 92.7 Å². The van der Waals surface area contributed by atoms with E-state index in [0.717, 1.165) is 26.7 Å². The first-order valence-electron chi connectivity index (χ1n) is 12.1. The molecule has 0 aliphatic carbocycles. The molecule has 0 atom stereocenters. The number of para-hydroxylation sites is 1.